The molecule has 2 rings (SSSR count). The molecule has 0 bridgehead atoms. The second kappa shape index (κ2) is 3.35. The molecule has 2 heterocycles. The third kappa shape index (κ3) is 1.56. The molecule has 2 aromatic heterocycles. The Morgan fingerprint density at radius 2 is 2.23 bits per heavy atom. The normalized spacial score (nSPS) is 9.92. The number of hydrogen-bond acceptors (Lipinski definition) is 2. The lowest BCUT2D eigenvalue weighted by molar-refractivity contribution is 1.19. The lowest BCUT2D eigenvalue weighted by atomic mass is 10.1. The predicted octanol–water partition coefficient (Wildman–Crippen LogP) is 2.25. The number of aromatic nitrogens is 2. The Bertz CT molecular complexity index is 396. The third-order valence-electron chi connectivity index (χ3n) is 1.88. The molecule has 0 spiro atoms. The quantitative estimate of drug-likeness (QED) is 0.654. The van der Waals surface area contributed by atoms with Gasteiger partial charge in [-0.1, -0.05) is 6.07 Å². The number of rotatable bonds is 1. The maximum Gasteiger partial charge on any atom is 0.0457 e. The zero-order valence-corrected chi connectivity index (χ0v) is 7.36. The second-order valence-corrected chi connectivity index (χ2v) is 2.79. The minimum atomic E-state index is 0.982. The van der Waals surface area contributed by atoms with Crippen LogP contribution in [0.25, 0.3) is 11.1 Å². The van der Waals surface area contributed by atoms with Crippen molar-refractivity contribution in [3.05, 3.63) is 48.5 Å². The molecule has 2 nitrogen and oxygen atoms in total. The monoisotopic (exact) mass is 169 g/mol. The van der Waals surface area contributed by atoms with E-state index in [4.69, 9.17) is 0 Å². The molecule has 1 radical (unpaired) electrons. The zero-order chi connectivity index (χ0) is 9.10. The molecular formula is C11H9N2. The van der Waals surface area contributed by atoms with Crippen LogP contribution in [-0.2, 0) is 0 Å². The predicted molar refractivity (Wildman–Crippen MR) is 51.0 cm³/mol. The van der Waals surface area contributed by atoms with Crippen molar-refractivity contribution in [2.24, 2.45) is 0 Å². The van der Waals surface area contributed by atoms with Crippen molar-refractivity contribution in [1.29, 1.82) is 0 Å². The van der Waals surface area contributed by atoms with Gasteiger partial charge in [0.15, 0.2) is 0 Å². The van der Waals surface area contributed by atoms with Crippen LogP contribution in [0.1, 0.15) is 5.69 Å². The van der Waals surface area contributed by atoms with Gasteiger partial charge in [-0.15, -0.1) is 0 Å². The van der Waals surface area contributed by atoms with Crippen molar-refractivity contribution >= 4 is 0 Å². The standard InChI is InChI=1S/C11H9N2/c1-9-11(5-3-7-13-9)10-4-2-6-12-8-10/h2-4,6-8H,1H3. The van der Waals surface area contributed by atoms with E-state index in [1.807, 2.05) is 31.3 Å². The summed E-state index contributed by atoms with van der Waals surface area (Å²) in [6.45, 7) is 1.97. The van der Waals surface area contributed by atoms with Crippen molar-refractivity contribution in [3.8, 4) is 11.1 Å². The summed E-state index contributed by atoms with van der Waals surface area (Å²) in [5.41, 5.74) is 3.07. The Morgan fingerprint density at radius 1 is 1.31 bits per heavy atom. The highest BCUT2D eigenvalue weighted by Gasteiger charge is 2.00. The van der Waals surface area contributed by atoms with Crippen LogP contribution in [0.4, 0.5) is 0 Å². The average Bonchev–Trinajstić information content (AvgIpc) is 2.20. The van der Waals surface area contributed by atoms with Gasteiger partial charge in [0, 0.05) is 35.4 Å². The first kappa shape index (κ1) is 7.92. The Kier molecular flexibility index (Phi) is 2.04. The topological polar surface area (TPSA) is 25.8 Å². The maximum absolute atomic E-state index is 4.20. The SMILES string of the molecule is Cc1ncc[c]c1-c1cccnc1. The highest BCUT2D eigenvalue weighted by molar-refractivity contribution is 5.63. The summed E-state index contributed by atoms with van der Waals surface area (Å²) >= 11 is 0. The first-order chi connectivity index (χ1) is 6.38. The van der Waals surface area contributed by atoms with Gasteiger partial charge in [0.05, 0.1) is 0 Å². The molecule has 0 N–H and O–H groups in total. The van der Waals surface area contributed by atoms with Crippen LogP contribution in [0.2, 0.25) is 0 Å². The minimum Gasteiger partial charge on any atom is -0.264 e. The lowest BCUT2D eigenvalue weighted by Gasteiger charge is -2.02. The fourth-order valence-electron chi connectivity index (χ4n) is 1.24. The van der Waals surface area contributed by atoms with Crippen LogP contribution >= 0.6 is 0 Å². The first-order valence-corrected chi connectivity index (χ1v) is 4.11. The van der Waals surface area contributed by atoms with E-state index in [-0.39, 0.29) is 0 Å². The van der Waals surface area contributed by atoms with Gasteiger partial charge in [-0.25, -0.2) is 0 Å². The third-order valence-corrected chi connectivity index (χ3v) is 1.88. The summed E-state index contributed by atoms with van der Waals surface area (Å²) < 4.78 is 0. The van der Waals surface area contributed by atoms with Gasteiger partial charge in [-0.2, -0.15) is 0 Å². The van der Waals surface area contributed by atoms with Gasteiger partial charge in [-0.3, -0.25) is 9.97 Å². The first-order valence-electron chi connectivity index (χ1n) is 4.11. The zero-order valence-electron chi connectivity index (χ0n) is 7.36. The number of aryl methyl sites for hydroxylation is 1. The summed E-state index contributed by atoms with van der Waals surface area (Å²) in [6.07, 6.45) is 5.32. The molecule has 0 saturated heterocycles. The fourth-order valence-corrected chi connectivity index (χ4v) is 1.24. The molecule has 0 atom stereocenters. The van der Waals surface area contributed by atoms with E-state index in [1.54, 1.807) is 12.4 Å². The Hall–Kier alpha value is -1.70. The molecule has 13 heavy (non-hydrogen) atoms. The van der Waals surface area contributed by atoms with Crippen molar-refractivity contribution in [2.45, 2.75) is 6.92 Å². The summed E-state index contributed by atoms with van der Waals surface area (Å²) in [5.74, 6) is 0. The summed E-state index contributed by atoms with van der Waals surface area (Å²) in [4.78, 5) is 8.25. The lowest BCUT2D eigenvalue weighted by Crippen LogP contribution is -1.86. The Morgan fingerprint density at radius 3 is 2.92 bits per heavy atom. The van der Waals surface area contributed by atoms with E-state index in [0.717, 1.165) is 16.8 Å². The van der Waals surface area contributed by atoms with Gasteiger partial charge in [-0.05, 0) is 25.1 Å². The number of pyridine rings is 2. The largest absolute Gasteiger partial charge is 0.264 e. The average molecular weight is 169 g/mol. The molecule has 0 saturated carbocycles. The summed E-state index contributed by atoms with van der Waals surface area (Å²) in [7, 11) is 0. The highest BCUT2D eigenvalue weighted by Crippen LogP contribution is 2.18. The smallest absolute Gasteiger partial charge is 0.0457 e. The minimum absolute atomic E-state index is 0.982. The molecule has 0 aliphatic heterocycles. The fraction of sp³-hybridized carbons (Fsp3) is 0.0909. The maximum atomic E-state index is 4.20. The van der Waals surface area contributed by atoms with Gasteiger partial charge in [0.25, 0.3) is 0 Å². The van der Waals surface area contributed by atoms with E-state index in [1.165, 1.54) is 0 Å². The van der Waals surface area contributed by atoms with E-state index in [0.29, 0.717) is 0 Å². The molecule has 0 fully saturated rings. The van der Waals surface area contributed by atoms with Crippen LogP contribution in [0.15, 0.2) is 36.8 Å². The second-order valence-electron chi connectivity index (χ2n) is 2.79. The van der Waals surface area contributed by atoms with Crippen molar-refractivity contribution in [2.75, 3.05) is 0 Å². The Labute approximate surface area is 77.3 Å². The van der Waals surface area contributed by atoms with Crippen molar-refractivity contribution < 1.29 is 0 Å². The molecular weight excluding hydrogens is 160 g/mol. The van der Waals surface area contributed by atoms with Crippen molar-refractivity contribution in [3.63, 3.8) is 0 Å². The molecule has 2 heteroatoms. The van der Waals surface area contributed by atoms with E-state index < -0.39 is 0 Å². The van der Waals surface area contributed by atoms with Gasteiger partial charge >= 0.3 is 0 Å². The van der Waals surface area contributed by atoms with Crippen molar-refractivity contribution in [1.82, 2.24) is 9.97 Å². The van der Waals surface area contributed by atoms with Crippen LogP contribution in [-0.4, -0.2) is 9.97 Å². The van der Waals surface area contributed by atoms with Gasteiger partial charge in [0.2, 0.25) is 0 Å². The summed E-state index contributed by atoms with van der Waals surface area (Å²) in [5, 5.41) is 0. The van der Waals surface area contributed by atoms with E-state index in [9.17, 15) is 0 Å². The molecule has 0 unspecified atom stereocenters. The van der Waals surface area contributed by atoms with Gasteiger partial charge in [0.1, 0.15) is 0 Å². The Balaban J connectivity index is 2.54. The van der Waals surface area contributed by atoms with Crippen LogP contribution in [0.5, 0.6) is 0 Å². The van der Waals surface area contributed by atoms with Gasteiger partial charge < -0.3 is 0 Å². The molecule has 0 amide bonds. The molecule has 0 aromatic carbocycles. The highest BCUT2D eigenvalue weighted by atomic mass is 14.7. The van der Waals surface area contributed by atoms with E-state index in [2.05, 4.69) is 16.0 Å². The molecule has 2 aromatic rings. The van der Waals surface area contributed by atoms with E-state index >= 15 is 0 Å². The summed E-state index contributed by atoms with van der Waals surface area (Å²) in [6, 6.07) is 8.89. The molecule has 0 aliphatic rings. The van der Waals surface area contributed by atoms with Crippen LogP contribution < -0.4 is 0 Å². The molecule has 63 valence electrons. The number of hydrogen-bond donors (Lipinski definition) is 0. The van der Waals surface area contributed by atoms with Crippen LogP contribution in [0, 0.1) is 13.0 Å². The van der Waals surface area contributed by atoms with Crippen LogP contribution in [0.3, 0.4) is 0 Å². The number of nitrogens with zero attached hydrogens (tertiary/aromatic N) is 2. The molecule has 0 aliphatic carbocycles.